The molecule has 0 unspecified atom stereocenters. The van der Waals surface area contributed by atoms with Gasteiger partial charge in [0.05, 0.1) is 13.2 Å². The molecule has 5 atom stereocenters. The zero-order valence-electron chi connectivity index (χ0n) is 14.7. The summed E-state index contributed by atoms with van der Waals surface area (Å²) in [5.74, 6) is -4.02. The number of carbonyl (C=O) groups excluding carboxylic acids is 1. The van der Waals surface area contributed by atoms with Crippen molar-refractivity contribution >= 4 is 5.97 Å². The summed E-state index contributed by atoms with van der Waals surface area (Å²) in [4.78, 5) is 11.9. The van der Waals surface area contributed by atoms with Gasteiger partial charge in [-0.2, -0.15) is 0 Å². The number of hydrogen-bond acceptors (Lipinski definition) is 8. The van der Waals surface area contributed by atoms with Gasteiger partial charge in [-0.25, -0.2) is 0 Å². The molecule has 8 nitrogen and oxygen atoms in total. The first-order valence-corrected chi connectivity index (χ1v) is 8.28. The molecular formula is C16H26O8. The molecule has 0 aromatic heterocycles. The van der Waals surface area contributed by atoms with Crippen molar-refractivity contribution in [2.24, 2.45) is 0 Å². The van der Waals surface area contributed by atoms with E-state index < -0.39 is 47.7 Å². The van der Waals surface area contributed by atoms with Crippen molar-refractivity contribution in [2.75, 3.05) is 13.2 Å². The van der Waals surface area contributed by atoms with E-state index in [4.69, 9.17) is 28.4 Å². The van der Waals surface area contributed by atoms with E-state index in [9.17, 15) is 9.90 Å². The SMILES string of the molecule is CCOC(=O)C[C@@]1(O)O[C@H]([C@H]2COC(C)(C)O2)[C@@H]2OC(C)(C)O[C@@H]21. The van der Waals surface area contributed by atoms with Crippen LogP contribution in [0.4, 0.5) is 0 Å². The van der Waals surface area contributed by atoms with Gasteiger partial charge in [0.25, 0.3) is 0 Å². The van der Waals surface area contributed by atoms with E-state index in [1.54, 1.807) is 34.6 Å². The third-order valence-corrected chi connectivity index (χ3v) is 4.34. The van der Waals surface area contributed by atoms with Crippen LogP contribution in [-0.4, -0.2) is 66.1 Å². The standard InChI is InChI=1S/C16H26O8/c1-6-19-10(17)7-16(18)13-12(22-15(4,5)24-13)11(23-16)9-8-20-14(2,3)21-9/h9,11-13,18H,6-8H2,1-5H3/t9-,11-,12+,13+,16-/m1/s1. The van der Waals surface area contributed by atoms with E-state index >= 15 is 0 Å². The molecule has 24 heavy (non-hydrogen) atoms. The lowest BCUT2D eigenvalue weighted by Crippen LogP contribution is -2.45. The summed E-state index contributed by atoms with van der Waals surface area (Å²) in [5, 5.41) is 10.9. The van der Waals surface area contributed by atoms with Crippen molar-refractivity contribution in [3.05, 3.63) is 0 Å². The molecule has 3 heterocycles. The van der Waals surface area contributed by atoms with Crippen molar-refractivity contribution in [1.29, 1.82) is 0 Å². The first kappa shape index (κ1) is 18.0. The Morgan fingerprint density at radius 2 is 1.79 bits per heavy atom. The summed E-state index contributed by atoms with van der Waals surface area (Å²) in [6, 6.07) is 0. The number of aliphatic hydroxyl groups is 1. The largest absolute Gasteiger partial charge is 0.466 e. The second-order valence-corrected chi connectivity index (χ2v) is 7.30. The Bertz CT molecular complexity index is 504. The Kier molecular flexibility index (Phi) is 4.43. The maximum absolute atomic E-state index is 11.9. The average molecular weight is 346 g/mol. The lowest BCUT2D eigenvalue weighted by Gasteiger charge is -2.30. The van der Waals surface area contributed by atoms with E-state index in [-0.39, 0.29) is 13.0 Å². The Hall–Kier alpha value is -0.770. The first-order chi connectivity index (χ1) is 11.1. The summed E-state index contributed by atoms with van der Waals surface area (Å²) in [7, 11) is 0. The van der Waals surface area contributed by atoms with Crippen LogP contribution in [0.15, 0.2) is 0 Å². The Balaban J connectivity index is 1.81. The number of esters is 1. The predicted octanol–water partition coefficient (Wildman–Crippen LogP) is 0.699. The minimum absolute atomic E-state index is 0.225. The Morgan fingerprint density at radius 3 is 2.38 bits per heavy atom. The van der Waals surface area contributed by atoms with E-state index in [0.29, 0.717) is 6.61 Å². The van der Waals surface area contributed by atoms with Gasteiger partial charge in [-0.15, -0.1) is 0 Å². The molecular weight excluding hydrogens is 320 g/mol. The van der Waals surface area contributed by atoms with Crippen LogP contribution in [0, 0.1) is 0 Å². The fourth-order valence-corrected chi connectivity index (χ4v) is 3.47. The Labute approximate surface area is 141 Å². The van der Waals surface area contributed by atoms with Crippen LogP contribution in [0.3, 0.4) is 0 Å². The van der Waals surface area contributed by atoms with Crippen molar-refractivity contribution in [3.8, 4) is 0 Å². The fourth-order valence-electron chi connectivity index (χ4n) is 3.47. The van der Waals surface area contributed by atoms with Crippen LogP contribution >= 0.6 is 0 Å². The molecule has 3 saturated heterocycles. The van der Waals surface area contributed by atoms with E-state index in [0.717, 1.165) is 0 Å². The second-order valence-electron chi connectivity index (χ2n) is 7.30. The highest BCUT2D eigenvalue weighted by molar-refractivity contribution is 5.70. The molecule has 3 aliphatic rings. The summed E-state index contributed by atoms with van der Waals surface area (Å²) in [5.41, 5.74) is 0. The van der Waals surface area contributed by atoms with Crippen LogP contribution in [0.2, 0.25) is 0 Å². The first-order valence-electron chi connectivity index (χ1n) is 8.28. The highest BCUT2D eigenvalue weighted by Gasteiger charge is 2.65. The molecule has 3 aliphatic heterocycles. The van der Waals surface area contributed by atoms with Gasteiger partial charge in [-0.3, -0.25) is 4.79 Å². The van der Waals surface area contributed by atoms with Gasteiger partial charge in [0.15, 0.2) is 11.6 Å². The topological polar surface area (TPSA) is 92.7 Å². The minimum Gasteiger partial charge on any atom is -0.466 e. The summed E-state index contributed by atoms with van der Waals surface area (Å²) in [6.45, 7) is 9.35. The Morgan fingerprint density at radius 1 is 1.08 bits per heavy atom. The zero-order chi connectivity index (χ0) is 17.8. The average Bonchev–Trinajstić information content (AvgIpc) is 3.02. The van der Waals surface area contributed by atoms with Crippen LogP contribution in [0.5, 0.6) is 0 Å². The lowest BCUT2D eigenvalue weighted by atomic mass is 10.0. The lowest BCUT2D eigenvalue weighted by molar-refractivity contribution is -0.286. The van der Waals surface area contributed by atoms with E-state index in [2.05, 4.69) is 0 Å². The third-order valence-electron chi connectivity index (χ3n) is 4.34. The fraction of sp³-hybridized carbons (Fsp3) is 0.938. The normalized spacial score (nSPS) is 42.9. The van der Waals surface area contributed by atoms with Crippen LogP contribution in [0.1, 0.15) is 41.0 Å². The molecule has 0 bridgehead atoms. The molecule has 0 saturated carbocycles. The molecule has 0 aromatic carbocycles. The number of fused-ring (bicyclic) bond motifs is 1. The molecule has 138 valence electrons. The summed E-state index contributed by atoms with van der Waals surface area (Å²) >= 11 is 0. The molecule has 0 aromatic rings. The molecule has 0 spiro atoms. The van der Waals surface area contributed by atoms with Crippen molar-refractivity contribution in [3.63, 3.8) is 0 Å². The molecule has 1 N–H and O–H groups in total. The highest BCUT2D eigenvalue weighted by atomic mass is 16.8. The van der Waals surface area contributed by atoms with Crippen molar-refractivity contribution in [1.82, 2.24) is 0 Å². The van der Waals surface area contributed by atoms with Gasteiger partial charge < -0.3 is 33.5 Å². The maximum atomic E-state index is 11.9. The maximum Gasteiger partial charge on any atom is 0.311 e. The second kappa shape index (κ2) is 5.89. The molecule has 3 fully saturated rings. The van der Waals surface area contributed by atoms with Gasteiger partial charge in [0, 0.05) is 0 Å². The van der Waals surface area contributed by atoms with Gasteiger partial charge in [-0.05, 0) is 34.6 Å². The van der Waals surface area contributed by atoms with Crippen LogP contribution < -0.4 is 0 Å². The highest BCUT2D eigenvalue weighted by Crippen LogP contribution is 2.47. The van der Waals surface area contributed by atoms with Gasteiger partial charge in [0.1, 0.15) is 30.8 Å². The molecule has 8 heteroatoms. The van der Waals surface area contributed by atoms with E-state index in [1.165, 1.54) is 0 Å². The third kappa shape index (κ3) is 3.31. The quantitative estimate of drug-likeness (QED) is 0.744. The van der Waals surface area contributed by atoms with Crippen LogP contribution in [-0.2, 0) is 33.2 Å². The van der Waals surface area contributed by atoms with Gasteiger partial charge >= 0.3 is 5.97 Å². The summed E-state index contributed by atoms with van der Waals surface area (Å²) in [6.07, 6.45) is -2.76. The van der Waals surface area contributed by atoms with Gasteiger partial charge in [0.2, 0.25) is 5.79 Å². The van der Waals surface area contributed by atoms with Gasteiger partial charge in [-0.1, -0.05) is 0 Å². The molecule has 0 amide bonds. The monoisotopic (exact) mass is 346 g/mol. The van der Waals surface area contributed by atoms with Crippen molar-refractivity contribution in [2.45, 2.75) is 82.8 Å². The number of carbonyl (C=O) groups is 1. The molecule has 0 radical (unpaired) electrons. The summed E-state index contributed by atoms with van der Waals surface area (Å²) < 4.78 is 33.9. The molecule has 0 aliphatic carbocycles. The van der Waals surface area contributed by atoms with Crippen molar-refractivity contribution < 1.29 is 38.3 Å². The smallest absolute Gasteiger partial charge is 0.311 e. The van der Waals surface area contributed by atoms with E-state index in [1.807, 2.05) is 0 Å². The zero-order valence-corrected chi connectivity index (χ0v) is 14.7. The number of ether oxygens (including phenoxy) is 6. The molecule has 3 rings (SSSR count). The number of rotatable bonds is 4. The minimum atomic E-state index is -1.83. The van der Waals surface area contributed by atoms with Crippen LogP contribution in [0.25, 0.3) is 0 Å². The number of hydrogen-bond donors (Lipinski definition) is 1. The predicted molar refractivity (Wildman–Crippen MR) is 79.8 cm³/mol.